The van der Waals surface area contributed by atoms with E-state index in [-0.39, 0.29) is 23.3 Å². The van der Waals surface area contributed by atoms with Crippen molar-refractivity contribution in [1.82, 2.24) is 14.5 Å². The van der Waals surface area contributed by atoms with Gasteiger partial charge in [0.2, 0.25) is 10.0 Å². The fourth-order valence-corrected chi connectivity index (χ4v) is 5.57. The maximum Gasteiger partial charge on any atom is 0.416 e. The van der Waals surface area contributed by atoms with Crippen LogP contribution in [0.3, 0.4) is 0 Å². The van der Waals surface area contributed by atoms with E-state index in [2.05, 4.69) is 12.2 Å². The molecule has 6 nitrogen and oxygen atoms in total. The summed E-state index contributed by atoms with van der Waals surface area (Å²) in [5.74, 6) is 0.311. The van der Waals surface area contributed by atoms with E-state index in [1.165, 1.54) is 40.7 Å². The minimum absolute atomic E-state index is 0.0150. The second-order valence-electron chi connectivity index (χ2n) is 9.26. The van der Waals surface area contributed by atoms with Crippen LogP contribution in [0.1, 0.15) is 47.3 Å². The van der Waals surface area contributed by atoms with E-state index in [1.54, 1.807) is 0 Å². The third kappa shape index (κ3) is 6.91. The Morgan fingerprint density at radius 1 is 1.06 bits per heavy atom. The highest BCUT2D eigenvalue weighted by molar-refractivity contribution is 7.89. The van der Waals surface area contributed by atoms with Crippen LogP contribution in [-0.2, 0) is 16.2 Å². The molecule has 2 aromatic carbocycles. The van der Waals surface area contributed by atoms with Gasteiger partial charge in [0.05, 0.1) is 17.0 Å². The van der Waals surface area contributed by atoms with Gasteiger partial charge in [-0.25, -0.2) is 8.42 Å². The average Bonchev–Trinajstić information content (AvgIpc) is 2.81. The van der Waals surface area contributed by atoms with Gasteiger partial charge in [-0.15, -0.1) is 0 Å². The van der Waals surface area contributed by atoms with Gasteiger partial charge in [-0.1, -0.05) is 31.2 Å². The van der Waals surface area contributed by atoms with Gasteiger partial charge in [0.25, 0.3) is 0 Å². The van der Waals surface area contributed by atoms with Gasteiger partial charge in [-0.2, -0.15) is 17.5 Å². The van der Waals surface area contributed by atoms with Gasteiger partial charge in [0, 0.05) is 31.2 Å². The van der Waals surface area contributed by atoms with E-state index < -0.39 is 21.8 Å². The predicted octanol–water partition coefficient (Wildman–Crippen LogP) is 4.20. The zero-order chi connectivity index (χ0) is 25.8. The summed E-state index contributed by atoms with van der Waals surface area (Å²) in [6.45, 7) is 3.48. The number of hydrogen-bond donors (Lipinski definition) is 1. The Kier molecular flexibility index (Phi) is 8.74. The molecule has 1 unspecified atom stereocenters. The highest BCUT2D eigenvalue weighted by Gasteiger charge is 2.30. The van der Waals surface area contributed by atoms with Gasteiger partial charge < -0.3 is 10.2 Å². The van der Waals surface area contributed by atoms with Crippen LogP contribution in [0.15, 0.2) is 53.4 Å². The Balaban J connectivity index is 1.58. The summed E-state index contributed by atoms with van der Waals surface area (Å²) >= 11 is 0. The molecule has 0 bridgehead atoms. The first kappa shape index (κ1) is 27.3. The molecule has 1 aliphatic rings. The number of halogens is 3. The first-order chi connectivity index (χ1) is 16.4. The molecule has 3 rings (SSSR count). The fourth-order valence-electron chi connectivity index (χ4n) is 4.10. The summed E-state index contributed by atoms with van der Waals surface area (Å²) in [6, 6.07) is 10.7. The van der Waals surface area contributed by atoms with Crippen molar-refractivity contribution in [1.29, 1.82) is 0 Å². The maximum atomic E-state index is 12.9. The molecule has 10 heteroatoms. The van der Waals surface area contributed by atoms with Crippen molar-refractivity contribution >= 4 is 15.8 Å². The Hall–Kier alpha value is -2.27. The normalized spacial score (nSPS) is 17.0. The van der Waals surface area contributed by atoms with Gasteiger partial charge in [-0.3, -0.25) is 4.79 Å². The number of carbonyl (C=O) groups is 1. The molecule has 0 aliphatic carbocycles. The SMILES string of the molecule is CC1CCN(S(=O)(=O)c2ccc(C(=O)CNCC(c3ccc(C(F)(F)F)cc3)N(C)C)cc2)CC1. The number of nitrogens with zero attached hydrogens (tertiary/aromatic N) is 2. The van der Waals surface area contributed by atoms with Crippen LogP contribution in [-0.4, -0.2) is 63.7 Å². The molecule has 0 saturated carbocycles. The lowest BCUT2D eigenvalue weighted by Crippen LogP contribution is -2.37. The molecule has 0 aromatic heterocycles. The van der Waals surface area contributed by atoms with Crippen LogP contribution in [0.25, 0.3) is 0 Å². The van der Waals surface area contributed by atoms with E-state index in [0.29, 0.717) is 36.7 Å². The Bertz CT molecular complexity index is 1090. The monoisotopic (exact) mass is 511 g/mol. The summed E-state index contributed by atoms with van der Waals surface area (Å²) in [6.07, 6.45) is -2.72. The number of likely N-dealkylation sites (N-methyl/N-ethyl adjacent to an activating group) is 1. The van der Waals surface area contributed by atoms with E-state index in [1.807, 2.05) is 19.0 Å². The van der Waals surface area contributed by atoms with Crippen molar-refractivity contribution in [3.05, 3.63) is 65.2 Å². The van der Waals surface area contributed by atoms with E-state index in [9.17, 15) is 26.4 Å². The van der Waals surface area contributed by atoms with Gasteiger partial charge in [-0.05, 0) is 62.7 Å². The molecular formula is C25H32F3N3O3S. The summed E-state index contributed by atoms with van der Waals surface area (Å²) in [4.78, 5) is 14.7. The highest BCUT2D eigenvalue weighted by atomic mass is 32.2. The van der Waals surface area contributed by atoms with Gasteiger partial charge >= 0.3 is 6.18 Å². The number of hydrogen-bond acceptors (Lipinski definition) is 5. The number of Topliss-reactive ketones (excluding diaryl/α,β-unsaturated/α-hetero) is 1. The lowest BCUT2D eigenvalue weighted by atomic mass is 10.0. The Morgan fingerprint density at radius 3 is 2.14 bits per heavy atom. The number of ketones is 1. The molecule has 192 valence electrons. The summed E-state index contributed by atoms with van der Waals surface area (Å²) in [7, 11) is 0.0488. The van der Waals surface area contributed by atoms with Gasteiger partial charge in [0.15, 0.2) is 5.78 Å². The smallest absolute Gasteiger partial charge is 0.308 e. The van der Waals surface area contributed by atoms with Crippen LogP contribution >= 0.6 is 0 Å². The molecule has 0 amide bonds. The number of alkyl halides is 3. The average molecular weight is 512 g/mol. The highest BCUT2D eigenvalue weighted by Crippen LogP contribution is 2.30. The van der Waals surface area contributed by atoms with Crippen molar-refractivity contribution in [2.24, 2.45) is 5.92 Å². The summed E-state index contributed by atoms with van der Waals surface area (Å²) in [5.41, 5.74) is 0.381. The van der Waals surface area contributed by atoms with Crippen LogP contribution in [0, 0.1) is 5.92 Å². The molecule has 1 saturated heterocycles. The lowest BCUT2D eigenvalue weighted by molar-refractivity contribution is -0.137. The molecule has 1 atom stereocenters. The molecule has 1 N–H and O–H groups in total. The molecule has 0 spiro atoms. The van der Waals surface area contributed by atoms with Crippen molar-refractivity contribution in [2.45, 2.75) is 36.9 Å². The Labute approximate surface area is 205 Å². The third-order valence-electron chi connectivity index (χ3n) is 6.43. The Morgan fingerprint density at radius 2 is 1.63 bits per heavy atom. The number of sulfonamides is 1. The van der Waals surface area contributed by atoms with Crippen LogP contribution in [0.5, 0.6) is 0 Å². The van der Waals surface area contributed by atoms with Crippen LogP contribution in [0.2, 0.25) is 0 Å². The maximum absolute atomic E-state index is 12.9. The molecule has 0 radical (unpaired) electrons. The fraction of sp³-hybridized carbons (Fsp3) is 0.480. The molecule has 1 aliphatic heterocycles. The number of benzene rings is 2. The number of nitrogens with one attached hydrogen (secondary N) is 1. The summed E-state index contributed by atoms with van der Waals surface area (Å²) < 4.78 is 65.7. The third-order valence-corrected chi connectivity index (χ3v) is 8.34. The zero-order valence-corrected chi connectivity index (χ0v) is 21.0. The zero-order valence-electron chi connectivity index (χ0n) is 20.2. The van der Waals surface area contributed by atoms with E-state index >= 15 is 0 Å². The lowest BCUT2D eigenvalue weighted by Gasteiger charge is -2.29. The van der Waals surface area contributed by atoms with Crippen molar-refractivity contribution in [2.75, 3.05) is 40.3 Å². The molecular weight excluding hydrogens is 479 g/mol. The summed E-state index contributed by atoms with van der Waals surface area (Å²) in [5, 5.41) is 3.07. The molecule has 1 heterocycles. The minimum Gasteiger partial charge on any atom is -0.308 e. The van der Waals surface area contributed by atoms with E-state index in [4.69, 9.17) is 0 Å². The number of rotatable bonds is 9. The second kappa shape index (κ2) is 11.2. The quantitative estimate of drug-likeness (QED) is 0.511. The van der Waals surface area contributed by atoms with Crippen molar-refractivity contribution < 1.29 is 26.4 Å². The molecule has 35 heavy (non-hydrogen) atoms. The largest absolute Gasteiger partial charge is 0.416 e. The number of piperidine rings is 1. The van der Waals surface area contributed by atoms with Crippen molar-refractivity contribution in [3.8, 4) is 0 Å². The second-order valence-corrected chi connectivity index (χ2v) is 11.2. The standard InChI is InChI=1S/C25H32F3N3O3S/c1-18-12-14-31(15-13-18)35(33,34)22-10-6-20(7-11-22)24(32)17-29-16-23(30(2)3)19-4-8-21(9-5-19)25(26,27)28/h4-11,18,23,29H,12-17H2,1-3H3. The van der Waals surface area contributed by atoms with Gasteiger partial charge in [0.1, 0.15) is 0 Å². The van der Waals surface area contributed by atoms with Crippen LogP contribution in [0.4, 0.5) is 13.2 Å². The molecule has 1 fully saturated rings. The van der Waals surface area contributed by atoms with Crippen molar-refractivity contribution in [3.63, 3.8) is 0 Å². The molecule has 2 aromatic rings. The van der Waals surface area contributed by atoms with E-state index in [0.717, 1.165) is 25.0 Å². The first-order valence-electron chi connectivity index (χ1n) is 11.6. The minimum atomic E-state index is -4.39. The predicted molar refractivity (Wildman–Crippen MR) is 129 cm³/mol. The first-order valence-corrected chi connectivity index (χ1v) is 13.0. The topological polar surface area (TPSA) is 69.7 Å². The number of carbonyl (C=O) groups excluding carboxylic acids is 1. The van der Waals surface area contributed by atoms with Crippen LogP contribution < -0.4 is 5.32 Å².